The summed E-state index contributed by atoms with van der Waals surface area (Å²) in [6, 6.07) is 10.9. The second-order valence-electron chi connectivity index (χ2n) is 6.17. The molecule has 0 unspecified atom stereocenters. The van der Waals surface area contributed by atoms with Gasteiger partial charge in [-0.25, -0.2) is 4.39 Å². The summed E-state index contributed by atoms with van der Waals surface area (Å²) in [6.07, 6.45) is -3.57. The van der Waals surface area contributed by atoms with Crippen molar-refractivity contribution in [2.75, 3.05) is 0 Å². The van der Waals surface area contributed by atoms with Crippen LogP contribution in [0.3, 0.4) is 0 Å². The largest absolute Gasteiger partial charge is 0.369 e. The lowest BCUT2D eigenvalue weighted by atomic mass is 9.93. The molecule has 3 nitrogen and oxygen atoms in total. The van der Waals surface area contributed by atoms with Crippen LogP contribution in [0.25, 0.3) is 11.1 Å². The van der Waals surface area contributed by atoms with E-state index in [0.29, 0.717) is 11.1 Å². The molecule has 1 fully saturated rings. The van der Waals surface area contributed by atoms with Crippen LogP contribution in [0.1, 0.15) is 24.0 Å². The molecule has 3 N–H and O–H groups in total. The maximum Gasteiger partial charge on any atom is 0.357 e. The molecular formula is C18H16F3NO2. The van der Waals surface area contributed by atoms with E-state index in [0.717, 1.165) is 24.5 Å². The van der Waals surface area contributed by atoms with Gasteiger partial charge < -0.3 is 10.8 Å². The number of aliphatic hydroxyl groups is 1. The SMILES string of the molecule is NC(=O)C1(c2ccc(-c3ccc(CC(O)(F)F)c(F)c3)cc2)CC1. The van der Waals surface area contributed by atoms with Crippen molar-refractivity contribution in [2.45, 2.75) is 30.8 Å². The van der Waals surface area contributed by atoms with Crippen LogP contribution in [-0.4, -0.2) is 17.1 Å². The van der Waals surface area contributed by atoms with Gasteiger partial charge in [0.25, 0.3) is 0 Å². The summed E-state index contributed by atoms with van der Waals surface area (Å²) >= 11 is 0. The van der Waals surface area contributed by atoms with Crippen LogP contribution in [0.2, 0.25) is 0 Å². The number of nitrogens with two attached hydrogens (primary N) is 1. The number of primary amides is 1. The molecule has 0 radical (unpaired) electrons. The molecule has 0 atom stereocenters. The van der Waals surface area contributed by atoms with Gasteiger partial charge in [0.1, 0.15) is 5.82 Å². The van der Waals surface area contributed by atoms with E-state index >= 15 is 0 Å². The molecule has 6 heteroatoms. The molecule has 0 spiro atoms. The van der Waals surface area contributed by atoms with Crippen LogP contribution < -0.4 is 5.73 Å². The summed E-state index contributed by atoms with van der Waals surface area (Å²) in [6.45, 7) is 0. The van der Waals surface area contributed by atoms with Gasteiger partial charge in [-0.15, -0.1) is 0 Å². The lowest BCUT2D eigenvalue weighted by Gasteiger charge is -2.13. The number of carbonyl (C=O) groups excluding carboxylic acids is 1. The van der Waals surface area contributed by atoms with Gasteiger partial charge in [-0.05, 0) is 41.2 Å². The standard InChI is InChI=1S/C18H16F3NO2/c19-15-9-12(1-2-13(15)10-18(20,21)24)11-3-5-14(6-4-11)17(7-8-17)16(22)23/h1-6,9,24H,7-8,10H2,(H2,22,23). The number of hydrogen-bond donors (Lipinski definition) is 2. The smallest absolute Gasteiger partial charge is 0.357 e. The van der Waals surface area contributed by atoms with Crippen molar-refractivity contribution in [3.63, 3.8) is 0 Å². The highest BCUT2D eigenvalue weighted by molar-refractivity contribution is 5.90. The van der Waals surface area contributed by atoms with E-state index in [-0.39, 0.29) is 11.5 Å². The Hall–Kier alpha value is -2.34. The molecule has 126 valence electrons. The van der Waals surface area contributed by atoms with E-state index in [1.165, 1.54) is 12.1 Å². The van der Waals surface area contributed by atoms with Crippen molar-refractivity contribution >= 4 is 5.91 Å². The Labute approximate surface area is 136 Å². The van der Waals surface area contributed by atoms with E-state index in [2.05, 4.69) is 0 Å². The molecule has 1 saturated carbocycles. The third kappa shape index (κ3) is 3.14. The van der Waals surface area contributed by atoms with Gasteiger partial charge in [0.05, 0.1) is 11.8 Å². The Morgan fingerprint density at radius 1 is 1.12 bits per heavy atom. The fraction of sp³-hybridized carbons (Fsp3) is 0.278. The highest BCUT2D eigenvalue weighted by Gasteiger charge is 2.49. The first-order valence-electron chi connectivity index (χ1n) is 7.51. The van der Waals surface area contributed by atoms with Crippen LogP contribution >= 0.6 is 0 Å². The molecule has 2 aromatic carbocycles. The second-order valence-corrected chi connectivity index (χ2v) is 6.17. The molecule has 0 aliphatic heterocycles. The van der Waals surface area contributed by atoms with Gasteiger partial charge in [0.2, 0.25) is 5.91 Å². The van der Waals surface area contributed by atoms with E-state index in [9.17, 15) is 18.0 Å². The van der Waals surface area contributed by atoms with Crippen LogP contribution in [0.15, 0.2) is 42.5 Å². The summed E-state index contributed by atoms with van der Waals surface area (Å²) in [7, 11) is 0. The van der Waals surface area contributed by atoms with Crippen LogP contribution in [-0.2, 0) is 16.6 Å². The highest BCUT2D eigenvalue weighted by Crippen LogP contribution is 2.48. The van der Waals surface area contributed by atoms with Crippen LogP contribution in [0.4, 0.5) is 13.2 Å². The predicted octanol–water partition coefficient (Wildman–Crippen LogP) is 3.14. The Bertz CT molecular complexity index is 778. The molecule has 1 amide bonds. The van der Waals surface area contributed by atoms with Gasteiger partial charge in [0.15, 0.2) is 0 Å². The first kappa shape index (κ1) is 16.5. The number of amides is 1. The Balaban J connectivity index is 1.85. The van der Waals surface area contributed by atoms with E-state index in [4.69, 9.17) is 10.8 Å². The maximum absolute atomic E-state index is 13.9. The first-order chi connectivity index (χ1) is 11.2. The molecule has 1 aliphatic carbocycles. The minimum absolute atomic E-state index is 0.256. The van der Waals surface area contributed by atoms with Gasteiger partial charge >= 0.3 is 6.11 Å². The lowest BCUT2D eigenvalue weighted by Crippen LogP contribution is -2.28. The van der Waals surface area contributed by atoms with E-state index in [1.807, 2.05) is 0 Å². The average Bonchev–Trinajstić information content (AvgIpc) is 3.30. The molecular weight excluding hydrogens is 319 g/mol. The molecule has 0 heterocycles. The summed E-state index contributed by atoms with van der Waals surface area (Å²) in [4.78, 5) is 11.5. The Kier molecular flexibility index (Phi) is 3.87. The third-order valence-corrected chi connectivity index (χ3v) is 4.45. The summed E-state index contributed by atoms with van der Waals surface area (Å²) in [5, 5.41) is 8.50. The Morgan fingerprint density at radius 3 is 2.17 bits per heavy atom. The van der Waals surface area contributed by atoms with Gasteiger partial charge in [-0.3, -0.25) is 4.79 Å². The summed E-state index contributed by atoms with van der Waals surface area (Å²) in [5.41, 5.74) is 6.64. The zero-order valence-corrected chi connectivity index (χ0v) is 12.7. The number of benzene rings is 2. The fourth-order valence-electron chi connectivity index (χ4n) is 2.88. The van der Waals surface area contributed by atoms with Crippen molar-refractivity contribution in [2.24, 2.45) is 5.73 Å². The highest BCUT2D eigenvalue weighted by atomic mass is 19.3. The second kappa shape index (κ2) is 5.63. The molecule has 3 rings (SSSR count). The van der Waals surface area contributed by atoms with Crippen molar-refractivity contribution in [3.05, 3.63) is 59.4 Å². The molecule has 2 aromatic rings. The normalized spacial score (nSPS) is 16.0. The molecule has 0 aromatic heterocycles. The number of hydrogen-bond acceptors (Lipinski definition) is 2. The zero-order chi connectivity index (χ0) is 17.5. The molecule has 0 bridgehead atoms. The van der Waals surface area contributed by atoms with Crippen LogP contribution in [0, 0.1) is 5.82 Å². The van der Waals surface area contributed by atoms with Gasteiger partial charge in [-0.1, -0.05) is 36.4 Å². The third-order valence-electron chi connectivity index (χ3n) is 4.45. The predicted molar refractivity (Wildman–Crippen MR) is 82.8 cm³/mol. The monoisotopic (exact) mass is 335 g/mol. The zero-order valence-electron chi connectivity index (χ0n) is 12.7. The van der Waals surface area contributed by atoms with Crippen molar-refractivity contribution in [1.29, 1.82) is 0 Å². The number of rotatable bonds is 5. The number of halogens is 3. The molecule has 24 heavy (non-hydrogen) atoms. The van der Waals surface area contributed by atoms with Crippen molar-refractivity contribution < 1.29 is 23.1 Å². The van der Waals surface area contributed by atoms with Crippen molar-refractivity contribution in [1.82, 2.24) is 0 Å². The minimum atomic E-state index is -3.95. The topological polar surface area (TPSA) is 63.3 Å². The maximum atomic E-state index is 13.9. The quantitative estimate of drug-likeness (QED) is 0.882. The van der Waals surface area contributed by atoms with Crippen LogP contribution in [0.5, 0.6) is 0 Å². The summed E-state index contributed by atoms with van der Waals surface area (Å²) < 4.78 is 39.1. The summed E-state index contributed by atoms with van der Waals surface area (Å²) in [5.74, 6) is -1.16. The van der Waals surface area contributed by atoms with E-state index < -0.39 is 23.8 Å². The Morgan fingerprint density at radius 2 is 1.71 bits per heavy atom. The first-order valence-corrected chi connectivity index (χ1v) is 7.51. The molecule has 1 aliphatic rings. The lowest BCUT2D eigenvalue weighted by molar-refractivity contribution is -0.197. The minimum Gasteiger partial charge on any atom is -0.369 e. The fourth-order valence-corrected chi connectivity index (χ4v) is 2.88. The number of alkyl halides is 2. The number of carbonyl (C=O) groups is 1. The van der Waals surface area contributed by atoms with Crippen molar-refractivity contribution in [3.8, 4) is 11.1 Å². The van der Waals surface area contributed by atoms with Gasteiger partial charge in [-0.2, -0.15) is 8.78 Å². The average molecular weight is 335 g/mol. The van der Waals surface area contributed by atoms with E-state index in [1.54, 1.807) is 24.3 Å². The van der Waals surface area contributed by atoms with Gasteiger partial charge in [0, 0.05) is 0 Å². The molecule has 0 saturated heterocycles.